The Hall–Kier alpha value is -2.70. The first-order chi connectivity index (χ1) is 8.99. The lowest BCUT2D eigenvalue weighted by Gasteiger charge is -2.07. The summed E-state index contributed by atoms with van der Waals surface area (Å²) in [5, 5.41) is 6.46. The number of rotatable bonds is 3. The van der Waals surface area contributed by atoms with E-state index < -0.39 is 11.8 Å². The van der Waals surface area contributed by atoms with Crippen molar-refractivity contribution < 1.29 is 9.59 Å². The summed E-state index contributed by atoms with van der Waals surface area (Å²) in [4.78, 5) is 27.3. The van der Waals surface area contributed by atoms with Crippen LogP contribution in [-0.4, -0.2) is 26.6 Å². The zero-order chi connectivity index (χ0) is 14.0. The second kappa shape index (κ2) is 4.89. The molecule has 2 aromatic rings. The van der Waals surface area contributed by atoms with Crippen molar-refractivity contribution in [3.05, 3.63) is 41.3 Å². The molecule has 19 heavy (non-hydrogen) atoms. The van der Waals surface area contributed by atoms with Crippen LogP contribution < -0.4 is 11.1 Å². The minimum Gasteiger partial charge on any atom is -0.365 e. The molecule has 98 valence electrons. The minimum absolute atomic E-state index is 0.156. The Morgan fingerprint density at radius 1 is 1.37 bits per heavy atom. The average molecular weight is 259 g/mol. The van der Waals surface area contributed by atoms with E-state index in [4.69, 9.17) is 5.73 Å². The molecule has 0 saturated heterocycles. The molecule has 0 aliphatic carbocycles. The molecule has 0 radical (unpaired) electrons. The number of nitrogens with two attached hydrogens (primary N) is 1. The van der Waals surface area contributed by atoms with E-state index in [9.17, 15) is 9.59 Å². The fourth-order valence-corrected chi connectivity index (χ4v) is 1.61. The van der Waals surface area contributed by atoms with Crippen LogP contribution in [0, 0.1) is 6.92 Å². The average Bonchev–Trinajstić information content (AvgIpc) is 2.71. The van der Waals surface area contributed by atoms with Crippen molar-refractivity contribution in [2.24, 2.45) is 12.8 Å². The maximum Gasteiger partial charge on any atom is 0.275 e. The summed E-state index contributed by atoms with van der Waals surface area (Å²) >= 11 is 0. The second-order valence-corrected chi connectivity index (χ2v) is 4.01. The van der Waals surface area contributed by atoms with Gasteiger partial charge in [-0.2, -0.15) is 5.10 Å². The van der Waals surface area contributed by atoms with Crippen molar-refractivity contribution >= 4 is 17.6 Å². The molecule has 7 heteroatoms. The fourth-order valence-electron chi connectivity index (χ4n) is 1.61. The van der Waals surface area contributed by atoms with Crippen molar-refractivity contribution in [1.29, 1.82) is 0 Å². The number of aryl methyl sites for hydroxylation is 2. The predicted molar refractivity (Wildman–Crippen MR) is 68.7 cm³/mol. The highest BCUT2D eigenvalue weighted by molar-refractivity contribution is 6.07. The molecule has 0 aromatic carbocycles. The van der Waals surface area contributed by atoms with Crippen LogP contribution in [0.2, 0.25) is 0 Å². The van der Waals surface area contributed by atoms with E-state index in [1.165, 1.54) is 10.9 Å². The van der Waals surface area contributed by atoms with E-state index in [0.29, 0.717) is 0 Å². The first kappa shape index (κ1) is 12.7. The monoisotopic (exact) mass is 259 g/mol. The van der Waals surface area contributed by atoms with E-state index in [0.717, 1.165) is 5.69 Å². The summed E-state index contributed by atoms with van der Waals surface area (Å²) in [7, 11) is 1.60. The quantitative estimate of drug-likeness (QED) is 0.836. The lowest BCUT2D eigenvalue weighted by Crippen LogP contribution is -2.20. The highest BCUT2D eigenvalue weighted by Crippen LogP contribution is 2.14. The summed E-state index contributed by atoms with van der Waals surface area (Å²) in [6, 6.07) is 5.10. The normalized spacial score (nSPS) is 10.2. The molecule has 2 aromatic heterocycles. The van der Waals surface area contributed by atoms with Gasteiger partial charge in [-0.25, -0.2) is 4.98 Å². The predicted octanol–water partition coefficient (Wildman–Crippen LogP) is 0.475. The topological polar surface area (TPSA) is 103 Å². The maximum atomic E-state index is 12.0. The number of primary amides is 1. The number of nitrogens with one attached hydrogen (secondary N) is 1. The summed E-state index contributed by atoms with van der Waals surface area (Å²) < 4.78 is 1.37. The first-order valence-electron chi connectivity index (χ1n) is 5.56. The highest BCUT2D eigenvalue weighted by Gasteiger charge is 2.17. The molecule has 0 aliphatic heterocycles. The molecule has 2 amide bonds. The van der Waals surface area contributed by atoms with Gasteiger partial charge in [-0.3, -0.25) is 14.3 Å². The molecule has 0 fully saturated rings. The standard InChI is InChI=1S/C12H13N5O2/c1-7-4-3-5-9(15-7)12(19)16-11-8(10(13)18)6-14-17(11)2/h3-6H,1-2H3,(H2,13,18)(H,16,19). The highest BCUT2D eigenvalue weighted by atomic mass is 16.2. The van der Waals surface area contributed by atoms with Crippen molar-refractivity contribution in [1.82, 2.24) is 14.8 Å². The van der Waals surface area contributed by atoms with Gasteiger partial charge in [-0.05, 0) is 19.1 Å². The smallest absolute Gasteiger partial charge is 0.275 e. The van der Waals surface area contributed by atoms with E-state index in [1.54, 1.807) is 32.2 Å². The SMILES string of the molecule is Cc1cccc(C(=O)Nc2c(C(N)=O)cnn2C)n1. The van der Waals surface area contributed by atoms with E-state index in [1.807, 2.05) is 0 Å². The van der Waals surface area contributed by atoms with Gasteiger partial charge in [-0.1, -0.05) is 6.07 Å². The molecule has 0 bridgehead atoms. The van der Waals surface area contributed by atoms with Gasteiger partial charge >= 0.3 is 0 Å². The van der Waals surface area contributed by atoms with Crippen LogP contribution in [0.3, 0.4) is 0 Å². The fraction of sp³-hybridized carbons (Fsp3) is 0.167. The van der Waals surface area contributed by atoms with Gasteiger partial charge in [0.2, 0.25) is 0 Å². The third-order valence-corrected chi connectivity index (χ3v) is 2.56. The molecular formula is C12H13N5O2. The molecule has 7 nitrogen and oxygen atoms in total. The summed E-state index contributed by atoms with van der Waals surface area (Å²) in [5.74, 6) is -0.823. The number of hydrogen-bond donors (Lipinski definition) is 2. The zero-order valence-electron chi connectivity index (χ0n) is 10.5. The number of amides is 2. The van der Waals surface area contributed by atoms with Gasteiger partial charge < -0.3 is 11.1 Å². The lowest BCUT2D eigenvalue weighted by atomic mass is 10.2. The Morgan fingerprint density at radius 2 is 2.11 bits per heavy atom. The second-order valence-electron chi connectivity index (χ2n) is 4.01. The van der Waals surface area contributed by atoms with Gasteiger partial charge in [0.15, 0.2) is 0 Å². The molecule has 3 N–H and O–H groups in total. The van der Waals surface area contributed by atoms with Gasteiger partial charge in [0.25, 0.3) is 11.8 Å². The number of aromatic nitrogens is 3. The van der Waals surface area contributed by atoms with E-state index >= 15 is 0 Å². The number of hydrogen-bond acceptors (Lipinski definition) is 4. The third kappa shape index (κ3) is 2.59. The van der Waals surface area contributed by atoms with E-state index in [-0.39, 0.29) is 17.1 Å². The minimum atomic E-state index is -0.652. The largest absolute Gasteiger partial charge is 0.365 e. The third-order valence-electron chi connectivity index (χ3n) is 2.56. The Balaban J connectivity index is 2.29. The van der Waals surface area contributed by atoms with Crippen LogP contribution >= 0.6 is 0 Å². The van der Waals surface area contributed by atoms with Gasteiger partial charge in [-0.15, -0.1) is 0 Å². The van der Waals surface area contributed by atoms with Crippen LogP contribution in [0.15, 0.2) is 24.4 Å². The van der Waals surface area contributed by atoms with Crippen molar-refractivity contribution in [2.45, 2.75) is 6.92 Å². The molecule has 0 spiro atoms. The zero-order valence-corrected chi connectivity index (χ0v) is 10.5. The Kier molecular flexibility index (Phi) is 3.28. The van der Waals surface area contributed by atoms with Gasteiger partial charge in [0, 0.05) is 12.7 Å². The number of anilines is 1. The molecule has 2 rings (SSSR count). The molecular weight excluding hydrogens is 246 g/mol. The summed E-state index contributed by atoms with van der Waals surface area (Å²) in [6.45, 7) is 1.79. The van der Waals surface area contributed by atoms with Crippen LogP contribution in [0.4, 0.5) is 5.82 Å². The molecule has 2 heterocycles. The Bertz CT molecular complexity index is 647. The van der Waals surface area contributed by atoms with Crippen LogP contribution in [-0.2, 0) is 7.05 Å². The van der Waals surface area contributed by atoms with Gasteiger partial charge in [0.05, 0.1) is 6.20 Å². The number of carbonyl (C=O) groups is 2. The maximum absolute atomic E-state index is 12.0. The lowest BCUT2D eigenvalue weighted by molar-refractivity contribution is 0.100. The Labute approximate surface area is 109 Å². The molecule has 0 aliphatic rings. The molecule has 0 saturated carbocycles. The number of carbonyl (C=O) groups excluding carboxylic acids is 2. The Morgan fingerprint density at radius 3 is 2.74 bits per heavy atom. The van der Waals surface area contributed by atoms with Crippen molar-refractivity contribution in [2.75, 3.05) is 5.32 Å². The van der Waals surface area contributed by atoms with Crippen LogP contribution in [0.1, 0.15) is 26.5 Å². The van der Waals surface area contributed by atoms with Crippen LogP contribution in [0.5, 0.6) is 0 Å². The van der Waals surface area contributed by atoms with Crippen molar-refractivity contribution in [3.8, 4) is 0 Å². The van der Waals surface area contributed by atoms with Gasteiger partial charge in [0.1, 0.15) is 17.1 Å². The molecule has 0 atom stereocenters. The first-order valence-corrected chi connectivity index (χ1v) is 5.56. The molecule has 0 unspecified atom stereocenters. The van der Waals surface area contributed by atoms with Crippen LogP contribution in [0.25, 0.3) is 0 Å². The van der Waals surface area contributed by atoms with Crippen molar-refractivity contribution in [3.63, 3.8) is 0 Å². The number of pyridine rings is 1. The number of nitrogens with zero attached hydrogens (tertiary/aromatic N) is 3. The summed E-state index contributed by atoms with van der Waals surface area (Å²) in [6.07, 6.45) is 1.31. The summed E-state index contributed by atoms with van der Waals surface area (Å²) in [5.41, 5.74) is 6.35. The van der Waals surface area contributed by atoms with E-state index in [2.05, 4.69) is 15.4 Å².